The standard InChI is InChI=1S/C18H20BFN6/c1-10-7-11(5-6-13(10)24-22-4)15-12(20)9-26-16(15)14(8-18(2,3)19)23-17(21)25-26/h5-7,9H,8H2,1-4H3,(H2,21,25). The Hall–Kier alpha value is -2.77. The quantitative estimate of drug-likeness (QED) is 0.569. The van der Waals surface area contributed by atoms with Crippen molar-refractivity contribution in [2.24, 2.45) is 10.2 Å². The van der Waals surface area contributed by atoms with Crippen LogP contribution in [0.5, 0.6) is 0 Å². The Morgan fingerprint density at radius 2 is 2.08 bits per heavy atom. The van der Waals surface area contributed by atoms with Crippen LogP contribution in [0.2, 0.25) is 5.31 Å². The number of rotatable bonds is 4. The van der Waals surface area contributed by atoms with Gasteiger partial charge in [-0.05, 0) is 36.6 Å². The molecule has 26 heavy (non-hydrogen) atoms. The summed E-state index contributed by atoms with van der Waals surface area (Å²) in [5, 5.41) is 11.4. The van der Waals surface area contributed by atoms with Gasteiger partial charge in [-0.15, -0.1) is 5.10 Å². The first kappa shape index (κ1) is 18.0. The number of hydrogen-bond acceptors (Lipinski definition) is 5. The van der Waals surface area contributed by atoms with Crippen LogP contribution in [0.1, 0.15) is 25.1 Å². The molecule has 132 valence electrons. The minimum atomic E-state index is -0.527. The highest BCUT2D eigenvalue weighted by Crippen LogP contribution is 2.36. The van der Waals surface area contributed by atoms with Crippen LogP contribution in [0.25, 0.3) is 16.6 Å². The molecule has 2 radical (unpaired) electrons. The van der Waals surface area contributed by atoms with Crippen LogP contribution in [0, 0.1) is 12.7 Å². The van der Waals surface area contributed by atoms with Crippen molar-refractivity contribution in [3.05, 3.63) is 41.5 Å². The first-order chi connectivity index (χ1) is 12.2. The Kier molecular flexibility index (Phi) is 4.52. The molecule has 6 nitrogen and oxygen atoms in total. The molecule has 0 aliphatic heterocycles. The molecule has 3 rings (SSSR count). The van der Waals surface area contributed by atoms with Crippen molar-refractivity contribution in [2.75, 3.05) is 12.8 Å². The molecule has 0 amide bonds. The lowest BCUT2D eigenvalue weighted by Crippen LogP contribution is -2.12. The van der Waals surface area contributed by atoms with Crippen molar-refractivity contribution < 1.29 is 4.39 Å². The molecule has 0 bridgehead atoms. The summed E-state index contributed by atoms with van der Waals surface area (Å²) in [6.45, 7) is 5.67. The number of halogens is 1. The normalized spacial score (nSPS) is 12.3. The van der Waals surface area contributed by atoms with Crippen LogP contribution in [0.3, 0.4) is 0 Å². The minimum Gasteiger partial charge on any atom is -0.367 e. The molecule has 0 aliphatic rings. The van der Waals surface area contributed by atoms with Gasteiger partial charge in [0.25, 0.3) is 0 Å². The van der Waals surface area contributed by atoms with E-state index in [2.05, 4.69) is 20.3 Å². The maximum Gasteiger partial charge on any atom is 0.238 e. The molecule has 2 N–H and O–H groups in total. The zero-order valence-corrected chi connectivity index (χ0v) is 15.3. The van der Waals surface area contributed by atoms with Crippen LogP contribution >= 0.6 is 0 Å². The van der Waals surface area contributed by atoms with Gasteiger partial charge in [0, 0.05) is 12.6 Å². The van der Waals surface area contributed by atoms with Gasteiger partial charge in [0.05, 0.1) is 30.9 Å². The summed E-state index contributed by atoms with van der Waals surface area (Å²) < 4.78 is 16.2. The van der Waals surface area contributed by atoms with Gasteiger partial charge < -0.3 is 5.73 Å². The zero-order chi connectivity index (χ0) is 19.1. The number of azo groups is 1. The molecule has 0 saturated heterocycles. The van der Waals surface area contributed by atoms with E-state index in [-0.39, 0.29) is 5.95 Å². The number of benzene rings is 1. The third-order valence-electron chi connectivity index (χ3n) is 3.99. The van der Waals surface area contributed by atoms with E-state index in [1.807, 2.05) is 39.0 Å². The molecule has 0 atom stereocenters. The third-order valence-corrected chi connectivity index (χ3v) is 3.99. The molecular weight excluding hydrogens is 330 g/mol. The number of hydrogen-bond donors (Lipinski definition) is 1. The maximum atomic E-state index is 14.8. The molecule has 2 aromatic heterocycles. The average molecular weight is 350 g/mol. The summed E-state index contributed by atoms with van der Waals surface area (Å²) in [6.07, 6.45) is 1.74. The summed E-state index contributed by atoms with van der Waals surface area (Å²) in [5.41, 5.74) is 9.73. The van der Waals surface area contributed by atoms with E-state index >= 15 is 0 Å². The fourth-order valence-electron chi connectivity index (χ4n) is 3.00. The van der Waals surface area contributed by atoms with E-state index < -0.39 is 11.1 Å². The minimum absolute atomic E-state index is 0.0770. The molecule has 3 aromatic rings. The summed E-state index contributed by atoms with van der Waals surface area (Å²) in [6, 6.07) is 5.49. The summed E-state index contributed by atoms with van der Waals surface area (Å²) >= 11 is 0. The lowest BCUT2D eigenvalue weighted by atomic mass is 9.69. The van der Waals surface area contributed by atoms with Gasteiger partial charge >= 0.3 is 0 Å². The highest BCUT2D eigenvalue weighted by molar-refractivity contribution is 6.14. The van der Waals surface area contributed by atoms with Gasteiger partial charge in [0.1, 0.15) is 0 Å². The zero-order valence-electron chi connectivity index (χ0n) is 15.3. The lowest BCUT2D eigenvalue weighted by Gasteiger charge is -2.19. The molecule has 0 saturated carbocycles. The van der Waals surface area contributed by atoms with Crippen molar-refractivity contribution in [3.8, 4) is 11.1 Å². The SMILES string of the molecule is [B]C(C)(C)Cc1nc(N)nn2cc(F)c(-c3ccc(N=NC)c(C)c3)c12. The number of nitrogens with zero attached hydrogens (tertiary/aromatic N) is 5. The highest BCUT2D eigenvalue weighted by Gasteiger charge is 2.22. The van der Waals surface area contributed by atoms with E-state index in [1.54, 1.807) is 7.05 Å². The number of nitrogens with two attached hydrogens (primary N) is 1. The average Bonchev–Trinajstić information content (AvgIpc) is 2.84. The molecule has 8 heteroatoms. The summed E-state index contributed by atoms with van der Waals surface area (Å²) in [4.78, 5) is 4.32. The first-order valence-corrected chi connectivity index (χ1v) is 8.22. The second kappa shape index (κ2) is 6.51. The van der Waals surface area contributed by atoms with Crippen molar-refractivity contribution in [1.82, 2.24) is 14.6 Å². The molecule has 0 unspecified atom stereocenters. The van der Waals surface area contributed by atoms with Crippen LogP contribution in [-0.4, -0.2) is 29.5 Å². The second-order valence-corrected chi connectivity index (χ2v) is 7.03. The number of nitrogen functional groups attached to an aromatic ring is 1. The van der Waals surface area contributed by atoms with E-state index in [1.165, 1.54) is 10.7 Å². The fourth-order valence-corrected chi connectivity index (χ4v) is 3.00. The predicted molar refractivity (Wildman–Crippen MR) is 101 cm³/mol. The highest BCUT2D eigenvalue weighted by atomic mass is 19.1. The Morgan fingerprint density at radius 3 is 2.69 bits per heavy atom. The summed E-state index contributed by atoms with van der Waals surface area (Å²) in [7, 11) is 7.76. The van der Waals surface area contributed by atoms with Crippen LogP contribution in [0.15, 0.2) is 34.6 Å². The third kappa shape index (κ3) is 3.45. The molecule has 2 heterocycles. The Balaban J connectivity index is 2.26. The van der Waals surface area contributed by atoms with Crippen LogP contribution in [0.4, 0.5) is 16.0 Å². The van der Waals surface area contributed by atoms with Crippen molar-refractivity contribution in [1.29, 1.82) is 0 Å². The Morgan fingerprint density at radius 1 is 1.35 bits per heavy atom. The van der Waals surface area contributed by atoms with Crippen molar-refractivity contribution in [3.63, 3.8) is 0 Å². The molecule has 0 aliphatic carbocycles. The largest absolute Gasteiger partial charge is 0.367 e. The number of fused-ring (bicyclic) bond motifs is 1. The van der Waals surface area contributed by atoms with Gasteiger partial charge in [-0.1, -0.05) is 25.2 Å². The number of aryl methyl sites for hydroxylation is 1. The smallest absolute Gasteiger partial charge is 0.238 e. The van der Waals surface area contributed by atoms with Crippen LogP contribution < -0.4 is 5.73 Å². The van der Waals surface area contributed by atoms with E-state index in [0.29, 0.717) is 28.8 Å². The molecule has 0 fully saturated rings. The Bertz CT molecular complexity index is 1000. The number of aromatic nitrogens is 3. The van der Waals surface area contributed by atoms with Gasteiger partial charge in [-0.25, -0.2) is 13.9 Å². The maximum absolute atomic E-state index is 14.8. The van der Waals surface area contributed by atoms with E-state index in [9.17, 15) is 4.39 Å². The Labute approximate surface area is 152 Å². The van der Waals surface area contributed by atoms with Crippen molar-refractivity contribution >= 4 is 25.0 Å². The van der Waals surface area contributed by atoms with Gasteiger partial charge in [0.2, 0.25) is 5.95 Å². The van der Waals surface area contributed by atoms with Gasteiger partial charge in [0.15, 0.2) is 5.82 Å². The fraction of sp³-hybridized carbons (Fsp3) is 0.333. The predicted octanol–water partition coefficient (Wildman–Crippen LogP) is 4.05. The summed E-state index contributed by atoms with van der Waals surface area (Å²) in [5.74, 6) is -0.321. The molecule has 0 spiro atoms. The monoisotopic (exact) mass is 350 g/mol. The topological polar surface area (TPSA) is 80.9 Å². The van der Waals surface area contributed by atoms with E-state index in [0.717, 1.165) is 11.3 Å². The van der Waals surface area contributed by atoms with Gasteiger partial charge in [-0.2, -0.15) is 10.2 Å². The van der Waals surface area contributed by atoms with E-state index in [4.69, 9.17) is 13.6 Å². The van der Waals surface area contributed by atoms with Crippen molar-refractivity contribution in [2.45, 2.75) is 32.5 Å². The van der Waals surface area contributed by atoms with Gasteiger partial charge in [-0.3, -0.25) is 0 Å². The first-order valence-electron chi connectivity index (χ1n) is 8.22. The number of anilines is 1. The van der Waals surface area contributed by atoms with Crippen LogP contribution in [-0.2, 0) is 6.42 Å². The molecular formula is C18H20BFN6. The second-order valence-electron chi connectivity index (χ2n) is 7.03. The molecule has 1 aromatic carbocycles. The lowest BCUT2D eigenvalue weighted by molar-refractivity contribution is 0.628.